The Morgan fingerprint density at radius 1 is 1.20 bits per heavy atom. The summed E-state index contributed by atoms with van der Waals surface area (Å²) in [6.07, 6.45) is 0. The van der Waals surface area contributed by atoms with Crippen LogP contribution < -0.4 is 16.1 Å². The van der Waals surface area contributed by atoms with Gasteiger partial charge in [-0.05, 0) is 30.3 Å². The highest BCUT2D eigenvalue weighted by Crippen LogP contribution is 2.24. The van der Waals surface area contributed by atoms with E-state index in [0.717, 1.165) is 0 Å². The first-order valence-electron chi connectivity index (χ1n) is 7.31. The van der Waals surface area contributed by atoms with E-state index in [1.807, 2.05) is 0 Å². The van der Waals surface area contributed by atoms with Crippen LogP contribution in [0.5, 0.6) is 5.75 Å². The van der Waals surface area contributed by atoms with E-state index in [0.29, 0.717) is 32.4 Å². The molecule has 0 spiro atoms. The number of hydrogen-bond acceptors (Lipinski definition) is 6. The molecule has 2 N–H and O–H groups in total. The minimum absolute atomic E-state index is 0.0841. The first kappa shape index (κ1) is 17.0. The van der Waals surface area contributed by atoms with Crippen molar-refractivity contribution in [3.8, 4) is 5.75 Å². The van der Waals surface area contributed by atoms with E-state index < -0.39 is 11.6 Å². The Morgan fingerprint density at radius 2 is 2.00 bits per heavy atom. The number of nitrogen functional groups attached to an aromatic ring is 1. The third-order valence-corrected chi connectivity index (χ3v) is 4.12. The lowest BCUT2D eigenvalue weighted by Crippen LogP contribution is -2.10. The Balaban J connectivity index is 1.89. The maximum Gasteiger partial charge on any atom is 0.340 e. The largest absolute Gasteiger partial charge is 0.497 e. The molecule has 3 rings (SSSR count). The average Bonchev–Trinajstić information content (AvgIpc) is 2.60. The van der Waals surface area contributed by atoms with E-state index in [1.54, 1.807) is 36.4 Å². The summed E-state index contributed by atoms with van der Waals surface area (Å²) in [6.45, 7) is -0.0841. The molecule has 0 aliphatic carbocycles. The van der Waals surface area contributed by atoms with Crippen molar-refractivity contribution in [1.29, 1.82) is 0 Å². The maximum absolute atomic E-state index is 12.3. The van der Waals surface area contributed by atoms with Crippen LogP contribution >= 0.6 is 15.9 Å². The molecular formula is C18H14BrNO5. The van der Waals surface area contributed by atoms with Gasteiger partial charge in [-0.1, -0.05) is 15.9 Å². The SMILES string of the molecule is COc1ccc2c(COC(=O)c3cc(Br)ccc3N)cc(=O)oc2c1. The molecule has 0 saturated heterocycles. The molecular weight excluding hydrogens is 390 g/mol. The summed E-state index contributed by atoms with van der Waals surface area (Å²) < 4.78 is 16.3. The molecule has 25 heavy (non-hydrogen) atoms. The molecule has 0 fully saturated rings. The fourth-order valence-electron chi connectivity index (χ4n) is 2.38. The summed E-state index contributed by atoms with van der Waals surface area (Å²) in [5.74, 6) is -0.0135. The number of ether oxygens (including phenoxy) is 2. The third kappa shape index (κ3) is 3.66. The van der Waals surface area contributed by atoms with Gasteiger partial charge in [-0.15, -0.1) is 0 Å². The number of halogens is 1. The zero-order valence-electron chi connectivity index (χ0n) is 13.2. The van der Waals surface area contributed by atoms with Crippen molar-refractivity contribution < 1.29 is 18.7 Å². The van der Waals surface area contributed by atoms with Gasteiger partial charge in [0.05, 0.1) is 12.7 Å². The van der Waals surface area contributed by atoms with Crippen LogP contribution in [-0.4, -0.2) is 13.1 Å². The lowest BCUT2D eigenvalue weighted by molar-refractivity contribution is 0.0475. The lowest BCUT2D eigenvalue weighted by Gasteiger charge is -2.09. The van der Waals surface area contributed by atoms with Crippen LogP contribution in [0, 0.1) is 0 Å². The summed E-state index contributed by atoms with van der Waals surface area (Å²) >= 11 is 3.29. The van der Waals surface area contributed by atoms with E-state index >= 15 is 0 Å². The van der Waals surface area contributed by atoms with Gasteiger partial charge in [0.25, 0.3) is 0 Å². The van der Waals surface area contributed by atoms with Crippen LogP contribution in [0.4, 0.5) is 5.69 Å². The van der Waals surface area contributed by atoms with Gasteiger partial charge in [-0.2, -0.15) is 0 Å². The molecule has 0 bridgehead atoms. The number of benzene rings is 2. The number of anilines is 1. The predicted octanol–water partition coefficient (Wildman–Crippen LogP) is 3.50. The van der Waals surface area contributed by atoms with Gasteiger partial charge in [0.2, 0.25) is 0 Å². The van der Waals surface area contributed by atoms with Crippen molar-refractivity contribution in [2.45, 2.75) is 6.61 Å². The zero-order chi connectivity index (χ0) is 18.0. The van der Waals surface area contributed by atoms with Gasteiger partial charge in [-0.25, -0.2) is 9.59 Å². The Bertz CT molecular complexity index is 1010. The fourth-order valence-corrected chi connectivity index (χ4v) is 2.74. The topological polar surface area (TPSA) is 91.8 Å². The standard InChI is InChI=1S/C18H14BrNO5/c1-23-12-3-4-13-10(6-17(21)25-16(13)8-12)9-24-18(22)14-7-11(19)2-5-15(14)20/h2-8H,9,20H2,1H3. The lowest BCUT2D eigenvalue weighted by atomic mass is 10.1. The van der Waals surface area contributed by atoms with Gasteiger partial charge >= 0.3 is 11.6 Å². The molecule has 0 amide bonds. The maximum atomic E-state index is 12.3. The van der Waals surface area contributed by atoms with Gasteiger partial charge < -0.3 is 19.6 Å². The van der Waals surface area contributed by atoms with E-state index in [4.69, 9.17) is 19.6 Å². The van der Waals surface area contributed by atoms with Crippen molar-refractivity contribution in [2.24, 2.45) is 0 Å². The van der Waals surface area contributed by atoms with E-state index in [2.05, 4.69) is 15.9 Å². The van der Waals surface area contributed by atoms with Gasteiger partial charge in [0.15, 0.2) is 0 Å². The molecule has 0 atom stereocenters. The highest BCUT2D eigenvalue weighted by Gasteiger charge is 2.14. The molecule has 0 unspecified atom stereocenters. The number of fused-ring (bicyclic) bond motifs is 1. The first-order valence-corrected chi connectivity index (χ1v) is 8.10. The molecule has 6 nitrogen and oxygen atoms in total. The smallest absolute Gasteiger partial charge is 0.340 e. The van der Waals surface area contributed by atoms with Crippen LogP contribution in [0.1, 0.15) is 15.9 Å². The van der Waals surface area contributed by atoms with Crippen LogP contribution in [-0.2, 0) is 11.3 Å². The molecule has 0 radical (unpaired) electrons. The highest BCUT2D eigenvalue weighted by molar-refractivity contribution is 9.10. The summed E-state index contributed by atoms with van der Waals surface area (Å²) in [5.41, 5.74) is 6.74. The van der Waals surface area contributed by atoms with Crippen molar-refractivity contribution in [2.75, 3.05) is 12.8 Å². The minimum Gasteiger partial charge on any atom is -0.497 e. The molecule has 7 heteroatoms. The molecule has 2 aromatic carbocycles. The fraction of sp³-hybridized carbons (Fsp3) is 0.111. The molecule has 1 aromatic heterocycles. The first-order chi connectivity index (χ1) is 12.0. The number of hydrogen-bond donors (Lipinski definition) is 1. The summed E-state index contributed by atoms with van der Waals surface area (Å²) in [6, 6.07) is 11.3. The number of nitrogens with two attached hydrogens (primary N) is 1. The van der Waals surface area contributed by atoms with Gasteiger partial charge in [-0.3, -0.25) is 0 Å². The predicted molar refractivity (Wildman–Crippen MR) is 96.7 cm³/mol. The second-order valence-electron chi connectivity index (χ2n) is 5.26. The second-order valence-corrected chi connectivity index (χ2v) is 6.18. The van der Waals surface area contributed by atoms with Crippen LogP contribution in [0.2, 0.25) is 0 Å². The van der Waals surface area contributed by atoms with E-state index in [1.165, 1.54) is 13.2 Å². The third-order valence-electron chi connectivity index (χ3n) is 3.63. The molecule has 0 aliphatic heterocycles. The van der Waals surface area contributed by atoms with Crippen molar-refractivity contribution >= 4 is 38.6 Å². The highest BCUT2D eigenvalue weighted by atomic mass is 79.9. The molecule has 1 heterocycles. The van der Waals surface area contributed by atoms with Gasteiger partial charge in [0, 0.05) is 33.2 Å². The Labute approximate surface area is 151 Å². The Hall–Kier alpha value is -2.80. The number of carbonyl (C=O) groups excluding carboxylic acids is 1. The normalized spacial score (nSPS) is 10.6. The molecule has 128 valence electrons. The van der Waals surface area contributed by atoms with E-state index in [-0.39, 0.29) is 12.2 Å². The number of carbonyl (C=O) groups is 1. The molecule has 0 saturated carbocycles. The van der Waals surface area contributed by atoms with E-state index in [9.17, 15) is 9.59 Å². The van der Waals surface area contributed by atoms with Crippen LogP contribution in [0.25, 0.3) is 11.0 Å². The van der Waals surface area contributed by atoms with Crippen LogP contribution in [0.3, 0.4) is 0 Å². The average molecular weight is 404 g/mol. The summed E-state index contributed by atoms with van der Waals surface area (Å²) in [5, 5.41) is 0.662. The number of methoxy groups -OCH3 is 1. The molecule has 0 aliphatic rings. The Kier molecular flexibility index (Phi) is 4.76. The number of esters is 1. The zero-order valence-corrected chi connectivity index (χ0v) is 14.8. The van der Waals surface area contributed by atoms with Gasteiger partial charge in [0.1, 0.15) is 17.9 Å². The second kappa shape index (κ2) is 6.98. The minimum atomic E-state index is -0.575. The quantitative estimate of drug-likeness (QED) is 0.407. The Morgan fingerprint density at radius 3 is 2.76 bits per heavy atom. The number of rotatable bonds is 4. The monoisotopic (exact) mass is 403 g/mol. The molecule has 3 aromatic rings. The summed E-state index contributed by atoms with van der Waals surface area (Å²) in [7, 11) is 1.52. The van der Waals surface area contributed by atoms with Crippen molar-refractivity contribution in [3.63, 3.8) is 0 Å². The van der Waals surface area contributed by atoms with Crippen molar-refractivity contribution in [1.82, 2.24) is 0 Å². The van der Waals surface area contributed by atoms with Crippen LogP contribution in [0.15, 0.2) is 56.1 Å². The summed E-state index contributed by atoms with van der Waals surface area (Å²) in [4.78, 5) is 24.0. The van der Waals surface area contributed by atoms with Crippen molar-refractivity contribution in [3.05, 3.63) is 68.5 Å².